The maximum Gasteiger partial charge on any atom is 0.124 e. The first kappa shape index (κ1) is 12.8. The van der Waals surface area contributed by atoms with Crippen molar-refractivity contribution in [2.75, 3.05) is 0 Å². The van der Waals surface area contributed by atoms with Gasteiger partial charge in [-0.25, -0.2) is 4.39 Å². The quantitative estimate of drug-likeness (QED) is 0.843. The van der Waals surface area contributed by atoms with E-state index in [-0.39, 0.29) is 11.9 Å². The summed E-state index contributed by atoms with van der Waals surface area (Å²) in [7, 11) is 0. The van der Waals surface area contributed by atoms with Crippen LogP contribution in [-0.4, -0.2) is 11.2 Å². The average Bonchev–Trinajstić information content (AvgIpc) is 2.30. The molecule has 1 aromatic carbocycles. The van der Waals surface area contributed by atoms with Crippen LogP contribution in [-0.2, 0) is 0 Å². The van der Waals surface area contributed by atoms with E-state index < -0.39 is 0 Å². The van der Waals surface area contributed by atoms with Crippen LogP contribution in [0.15, 0.2) is 18.2 Å². The van der Waals surface area contributed by atoms with E-state index in [2.05, 4.69) is 6.92 Å². The molecule has 0 aromatic heterocycles. The van der Waals surface area contributed by atoms with Crippen molar-refractivity contribution in [2.45, 2.75) is 44.6 Å². The molecule has 0 spiro atoms. The third-order valence-electron chi connectivity index (χ3n) is 3.87. The lowest BCUT2D eigenvalue weighted by atomic mass is 9.75. The molecule has 3 atom stereocenters. The predicted octanol–water partition coefficient (Wildman–Crippen LogP) is 4.13. The maximum absolute atomic E-state index is 13.0. The van der Waals surface area contributed by atoms with Crippen molar-refractivity contribution in [3.8, 4) is 0 Å². The van der Waals surface area contributed by atoms with E-state index in [9.17, 15) is 9.50 Å². The summed E-state index contributed by atoms with van der Waals surface area (Å²) in [5, 5.41) is 10.4. The highest BCUT2D eigenvalue weighted by Crippen LogP contribution is 2.40. The smallest absolute Gasteiger partial charge is 0.124 e. The lowest BCUT2D eigenvalue weighted by Crippen LogP contribution is -2.27. The molecule has 1 N–H and O–H groups in total. The van der Waals surface area contributed by atoms with E-state index >= 15 is 0 Å². The van der Waals surface area contributed by atoms with E-state index in [1.54, 1.807) is 6.07 Å². The van der Waals surface area contributed by atoms with Gasteiger partial charge in [-0.1, -0.05) is 31.0 Å². The second-order valence-corrected chi connectivity index (χ2v) is 5.32. The maximum atomic E-state index is 13.0. The van der Waals surface area contributed by atoms with Gasteiger partial charge < -0.3 is 5.11 Å². The van der Waals surface area contributed by atoms with E-state index in [1.807, 2.05) is 0 Å². The molecule has 0 aliphatic heterocycles. The minimum atomic E-state index is -0.290. The normalized spacial score (nSPS) is 29.3. The summed E-state index contributed by atoms with van der Waals surface area (Å²) < 4.78 is 13.0. The summed E-state index contributed by atoms with van der Waals surface area (Å²) in [5.74, 6) is 0.410. The Balaban J connectivity index is 2.17. The molecule has 1 fully saturated rings. The summed E-state index contributed by atoms with van der Waals surface area (Å²) in [6.07, 6.45) is 3.50. The molecule has 1 aliphatic carbocycles. The van der Waals surface area contributed by atoms with Crippen LogP contribution >= 0.6 is 11.6 Å². The average molecular weight is 257 g/mol. The molecule has 17 heavy (non-hydrogen) atoms. The van der Waals surface area contributed by atoms with Crippen LogP contribution in [0.1, 0.15) is 44.1 Å². The molecule has 0 heterocycles. The molecular weight excluding hydrogens is 239 g/mol. The van der Waals surface area contributed by atoms with Gasteiger partial charge in [-0.15, -0.1) is 0 Å². The van der Waals surface area contributed by atoms with Gasteiger partial charge in [-0.3, -0.25) is 0 Å². The number of aliphatic hydroxyl groups is 1. The fraction of sp³-hybridized carbons (Fsp3) is 0.571. The second kappa shape index (κ2) is 5.36. The first-order valence-electron chi connectivity index (χ1n) is 6.24. The summed E-state index contributed by atoms with van der Waals surface area (Å²) in [6, 6.07) is 4.63. The Kier molecular flexibility index (Phi) is 4.05. The SMILES string of the molecule is CCC1CC(c2ccc(F)cc2Cl)CCC1O. The van der Waals surface area contributed by atoms with Crippen LogP contribution in [0, 0.1) is 11.7 Å². The van der Waals surface area contributed by atoms with Gasteiger partial charge in [-0.2, -0.15) is 0 Å². The van der Waals surface area contributed by atoms with Crippen LogP contribution in [0.5, 0.6) is 0 Å². The molecule has 94 valence electrons. The largest absolute Gasteiger partial charge is 0.393 e. The second-order valence-electron chi connectivity index (χ2n) is 4.91. The Morgan fingerprint density at radius 1 is 1.41 bits per heavy atom. The van der Waals surface area contributed by atoms with Crippen LogP contribution in [0.25, 0.3) is 0 Å². The zero-order chi connectivity index (χ0) is 12.4. The molecule has 1 aromatic rings. The van der Waals surface area contributed by atoms with Crippen LogP contribution in [0.4, 0.5) is 4.39 Å². The van der Waals surface area contributed by atoms with Gasteiger partial charge in [0.1, 0.15) is 5.82 Å². The lowest BCUT2D eigenvalue weighted by Gasteiger charge is -2.33. The summed E-state index contributed by atoms with van der Waals surface area (Å²) in [6.45, 7) is 2.10. The Morgan fingerprint density at radius 2 is 2.18 bits per heavy atom. The van der Waals surface area contributed by atoms with Crippen molar-refractivity contribution in [2.24, 2.45) is 5.92 Å². The van der Waals surface area contributed by atoms with E-state index in [1.165, 1.54) is 12.1 Å². The molecule has 3 heteroatoms. The van der Waals surface area contributed by atoms with Gasteiger partial charge in [0.2, 0.25) is 0 Å². The van der Waals surface area contributed by atoms with E-state index in [4.69, 9.17) is 11.6 Å². The third kappa shape index (κ3) is 2.80. The first-order chi connectivity index (χ1) is 8.11. The Hall–Kier alpha value is -0.600. The predicted molar refractivity (Wildman–Crippen MR) is 67.8 cm³/mol. The van der Waals surface area contributed by atoms with Gasteiger partial charge in [0.25, 0.3) is 0 Å². The Labute approximate surface area is 107 Å². The molecule has 1 saturated carbocycles. The number of halogens is 2. The zero-order valence-electron chi connectivity index (χ0n) is 10.00. The highest BCUT2D eigenvalue weighted by atomic mass is 35.5. The topological polar surface area (TPSA) is 20.2 Å². The molecule has 0 amide bonds. The molecule has 0 radical (unpaired) electrons. The molecular formula is C14H18ClFO. The fourth-order valence-corrected chi connectivity index (χ4v) is 3.12. The monoisotopic (exact) mass is 256 g/mol. The first-order valence-corrected chi connectivity index (χ1v) is 6.62. The summed E-state index contributed by atoms with van der Waals surface area (Å²) in [5.41, 5.74) is 1.03. The third-order valence-corrected chi connectivity index (χ3v) is 4.20. The molecule has 0 saturated heterocycles. The highest BCUT2D eigenvalue weighted by molar-refractivity contribution is 6.31. The molecule has 3 unspecified atom stereocenters. The van der Waals surface area contributed by atoms with Gasteiger partial charge >= 0.3 is 0 Å². The minimum Gasteiger partial charge on any atom is -0.393 e. The van der Waals surface area contributed by atoms with Crippen molar-refractivity contribution in [1.82, 2.24) is 0 Å². The Bertz CT molecular complexity index is 394. The van der Waals surface area contributed by atoms with Crippen LogP contribution in [0.3, 0.4) is 0 Å². The van der Waals surface area contributed by atoms with Crippen molar-refractivity contribution in [3.05, 3.63) is 34.6 Å². The van der Waals surface area contributed by atoms with Gasteiger partial charge in [0.15, 0.2) is 0 Å². The fourth-order valence-electron chi connectivity index (χ4n) is 2.80. The van der Waals surface area contributed by atoms with Crippen LogP contribution in [0.2, 0.25) is 5.02 Å². The van der Waals surface area contributed by atoms with Crippen molar-refractivity contribution in [1.29, 1.82) is 0 Å². The van der Waals surface area contributed by atoms with Gasteiger partial charge in [-0.05, 0) is 48.8 Å². The standard InChI is InChI=1S/C14H18ClFO/c1-2-9-7-10(3-6-14(9)17)12-5-4-11(16)8-13(12)15/h4-5,8-10,14,17H,2-3,6-7H2,1H3. The highest BCUT2D eigenvalue weighted by Gasteiger charge is 2.29. The number of aliphatic hydroxyl groups excluding tert-OH is 1. The summed E-state index contributed by atoms with van der Waals surface area (Å²) >= 11 is 6.09. The van der Waals surface area contributed by atoms with Crippen molar-refractivity contribution >= 4 is 11.6 Å². The number of hydrogen-bond acceptors (Lipinski definition) is 1. The lowest BCUT2D eigenvalue weighted by molar-refractivity contribution is 0.0599. The number of rotatable bonds is 2. The van der Waals surface area contributed by atoms with Gasteiger partial charge in [0, 0.05) is 5.02 Å². The van der Waals surface area contributed by atoms with Crippen molar-refractivity contribution < 1.29 is 9.50 Å². The molecule has 0 bridgehead atoms. The number of hydrogen-bond donors (Lipinski definition) is 1. The van der Waals surface area contributed by atoms with E-state index in [0.29, 0.717) is 16.9 Å². The van der Waals surface area contributed by atoms with Gasteiger partial charge in [0.05, 0.1) is 6.10 Å². The van der Waals surface area contributed by atoms with E-state index in [0.717, 1.165) is 31.2 Å². The molecule has 1 aliphatic rings. The minimum absolute atomic E-state index is 0.185. The molecule has 1 nitrogen and oxygen atoms in total. The molecule has 2 rings (SSSR count). The number of benzene rings is 1. The van der Waals surface area contributed by atoms with Crippen LogP contribution < -0.4 is 0 Å². The summed E-state index contributed by atoms with van der Waals surface area (Å²) in [4.78, 5) is 0. The Morgan fingerprint density at radius 3 is 2.82 bits per heavy atom. The van der Waals surface area contributed by atoms with Crippen molar-refractivity contribution in [3.63, 3.8) is 0 Å². The zero-order valence-corrected chi connectivity index (χ0v) is 10.8.